The number of para-hydroxylation sites is 1. The van der Waals surface area contributed by atoms with Crippen molar-refractivity contribution in [1.29, 1.82) is 0 Å². The Morgan fingerprint density at radius 2 is 1.81 bits per heavy atom. The first-order chi connectivity index (χ1) is 13.2. The number of hydrogen-bond donors (Lipinski definition) is 2. The quantitative estimate of drug-likeness (QED) is 0.807. The second kappa shape index (κ2) is 7.57. The predicted octanol–water partition coefficient (Wildman–Crippen LogP) is 1.67. The summed E-state index contributed by atoms with van der Waals surface area (Å²) in [4.78, 5) is 26.6. The molecule has 27 heavy (non-hydrogen) atoms. The van der Waals surface area contributed by atoms with Crippen LogP contribution in [0.15, 0.2) is 42.5 Å². The van der Waals surface area contributed by atoms with Gasteiger partial charge in [0.25, 0.3) is 11.8 Å². The predicted molar refractivity (Wildman–Crippen MR) is 100 cm³/mol. The number of carbonyl (C=O) groups excluding carboxylic acids is 2. The molecule has 0 fully saturated rings. The molecule has 0 aliphatic carbocycles. The molecule has 2 aromatic carbocycles. The van der Waals surface area contributed by atoms with Crippen molar-refractivity contribution in [3.8, 4) is 11.5 Å². The van der Waals surface area contributed by atoms with Gasteiger partial charge in [0.1, 0.15) is 13.2 Å². The number of hydrogen-bond acceptors (Lipinski definition) is 5. The van der Waals surface area contributed by atoms with Crippen molar-refractivity contribution in [2.75, 3.05) is 31.2 Å². The summed E-state index contributed by atoms with van der Waals surface area (Å²) in [5.74, 6) is 0.479. The van der Waals surface area contributed by atoms with Gasteiger partial charge in [0.2, 0.25) is 0 Å². The Kier molecular flexibility index (Phi) is 4.82. The lowest BCUT2D eigenvalue weighted by molar-refractivity contribution is -0.120. The van der Waals surface area contributed by atoms with Gasteiger partial charge in [0, 0.05) is 17.8 Å². The van der Waals surface area contributed by atoms with Crippen LogP contribution in [-0.2, 0) is 11.2 Å². The minimum Gasteiger partial charge on any atom is -0.486 e. The summed E-state index contributed by atoms with van der Waals surface area (Å²) in [5.41, 5.74) is 7.66. The lowest BCUT2D eigenvalue weighted by Gasteiger charge is -2.30. The van der Waals surface area contributed by atoms with E-state index < -0.39 is 5.91 Å². The maximum absolute atomic E-state index is 12.3. The Hall–Kier alpha value is -3.22. The van der Waals surface area contributed by atoms with Crippen molar-refractivity contribution in [3.63, 3.8) is 0 Å². The number of nitrogens with zero attached hydrogens (tertiary/aromatic N) is 1. The molecule has 7 nitrogen and oxygen atoms in total. The summed E-state index contributed by atoms with van der Waals surface area (Å²) < 4.78 is 10.9. The van der Waals surface area contributed by atoms with E-state index in [1.807, 2.05) is 23.1 Å². The molecule has 4 rings (SSSR count). The molecule has 2 aliphatic rings. The minimum absolute atomic E-state index is 0.193. The fourth-order valence-corrected chi connectivity index (χ4v) is 3.37. The van der Waals surface area contributed by atoms with E-state index in [1.54, 1.807) is 18.2 Å². The van der Waals surface area contributed by atoms with Gasteiger partial charge in [-0.2, -0.15) is 0 Å². The molecule has 7 heteroatoms. The number of anilines is 1. The van der Waals surface area contributed by atoms with E-state index in [9.17, 15) is 9.59 Å². The van der Waals surface area contributed by atoms with Crippen LogP contribution in [0, 0.1) is 0 Å². The lowest BCUT2D eigenvalue weighted by Crippen LogP contribution is -2.47. The Morgan fingerprint density at radius 1 is 1.00 bits per heavy atom. The highest BCUT2D eigenvalue weighted by Crippen LogP contribution is 2.30. The number of hydrazine groups is 1. The molecule has 0 saturated carbocycles. The molecule has 2 aliphatic heterocycles. The number of aryl methyl sites for hydroxylation is 1. The summed E-state index contributed by atoms with van der Waals surface area (Å²) in [5, 5.41) is 0. The van der Waals surface area contributed by atoms with E-state index in [1.165, 1.54) is 5.56 Å². The Morgan fingerprint density at radius 3 is 2.70 bits per heavy atom. The summed E-state index contributed by atoms with van der Waals surface area (Å²) in [6.07, 6.45) is 2.03. The number of amides is 2. The zero-order valence-electron chi connectivity index (χ0n) is 14.9. The number of ether oxygens (including phenoxy) is 2. The Labute approximate surface area is 157 Å². The maximum Gasteiger partial charge on any atom is 0.269 e. The lowest BCUT2D eigenvalue weighted by atomic mass is 10.0. The molecular weight excluding hydrogens is 346 g/mol. The van der Waals surface area contributed by atoms with E-state index in [4.69, 9.17) is 9.47 Å². The van der Waals surface area contributed by atoms with Gasteiger partial charge >= 0.3 is 0 Å². The standard InChI is InChI=1S/C20H21N3O4/c24-19(13-23-9-3-5-14-4-1-2-6-16(14)23)21-22-20(25)15-7-8-17-18(12-15)27-11-10-26-17/h1-2,4,6-8,12H,3,5,9-11,13H2,(H,21,24)(H,22,25). The van der Waals surface area contributed by atoms with Crippen LogP contribution >= 0.6 is 0 Å². The topological polar surface area (TPSA) is 79.9 Å². The molecule has 140 valence electrons. The number of rotatable bonds is 3. The SMILES string of the molecule is O=C(CN1CCCc2ccccc21)NNC(=O)c1ccc2c(c1)OCCO2. The van der Waals surface area contributed by atoms with E-state index >= 15 is 0 Å². The molecule has 0 saturated heterocycles. The summed E-state index contributed by atoms with van der Waals surface area (Å²) in [6, 6.07) is 13.0. The van der Waals surface area contributed by atoms with E-state index in [-0.39, 0.29) is 12.5 Å². The second-order valence-electron chi connectivity index (χ2n) is 6.51. The molecule has 0 spiro atoms. The first-order valence-corrected chi connectivity index (χ1v) is 9.02. The third-order valence-corrected chi connectivity index (χ3v) is 4.66. The van der Waals surface area contributed by atoms with Crippen molar-refractivity contribution in [2.24, 2.45) is 0 Å². The fourth-order valence-electron chi connectivity index (χ4n) is 3.37. The third-order valence-electron chi connectivity index (χ3n) is 4.66. The van der Waals surface area contributed by atoms with Gasteiger partial charge in [-0.1, -0.05) is 18.2 Å². The van der Waals surface area contributed by atoms with E-state index in [0.717, 1.165) is 25.1 Å². The van der Waals surface area contributed by atoms with E-state index in [2.05, 4.69) is 16.9 Å². The molecule has 0 atom stereocenters. The Bertz CT molecular complexity index is 868. The van der Waals surface area contributed by atoms with Crippen molar-refractivity contribution < 1.29 is 19.1 Å². The molecule has 2 heterocycles. The molecule has 2 N–H and O–H groups in total. The average molecular weight is 367 g/mol. The van der Waals surface area contributed by atoms with Crippen LogP contribution in [0.1, 0.15) is 22.3 Å². The van der Waals surface area contributed by atoms with Gasteiger partial charge in [0.05, 0.1) is 6.54 Å². The second-order valence-corrected chi connectivity index (χ2v) is 6.51. The van der Waals surface area contributed by atoms with Crippen LogP contribution in [-0.4, -0.2) is 38.1 Å². The molecule has 2 aromatic rings. The highest BCUT2D eigenvalue weighted by Gasteiger charge is 2.19. The van der Waals surface area contributed by atoms with E-state index in [0.29, 0.717) is 30.3 Å². The van der Waals surface area contributed by atoms with Gasteiger partial charge in [0.15, 0.2) is 11.5 Å². The summed E-state index contributed by atoms with van der Waals surface area (Å²) in [7, 11) is 0. The number of nitrogens with one attached hydrogen (secondary N) is 2. The van der Waals surface area contributed by atoms with Gasteiger partial charge in [-0.15, -0.1) is 0 Å². The zero-order valence-corrected chi connectivity index (χ0v) is 14.9. The van der Waals surface area contributed by atoms with Crippen LogP contribution in [0.4, 0.5) is 5.69 Å². The van der Waals surface area contributed by atoms with Crippen molar-refractivity contribution in [1.82, 2.24) is 10.9 Å². The normalized spacial score (nSPS) is 14.9. The van der Waals surface area contributed by atoms with Crippen molar-refractivity contribution >= 4 is 17.5 Å². The first-order valence-electron chi connectivity index (χ1n) is 9.02. The highest BCUT2D eigenvalue weighted by atomic mass is 16.6. The van der Waals surface area contributed by atoms with Gasteiger partial charge in [-0.05, 0) is 42.7 Å². The zero-order chi connectivity index (χ0) is 18.6. The van der Waals surface area contributed by atoms with Crippen molar-refractivity contribution in [2.45, 2.75) is 12.8 Å². The summed E-state index contributed by atoms with van der Waals surface area (Å²) >= 11 is 0. The molecule has 0 aromatic heterocycles. The maximum atomic E-state index is 12.3. The molecule has 0 bridgehead atoms. The fraction of sp³-hybridized carbons (Fsp3) is 0.300. The molecular formula is C20H21N3O4. The van der Waals surface area contributed by atoms with Crippen LogP contribution < -0.4 is 25.2 Å². The highest BCUT2D eigenvalue weighted by molar-refractivity contribution is 5.96. The van der Waals surface area contributed by atoms with Gasteiger partial charge in [-0.3, -0.25) is 20.4 Å². The van der Waals surface area contributed by atoms with Gasteiger partial charge < -0.3 is 14.4 Å². The monoisotopic (exact) mass is 367 g/mol. The Balaban J connectivity index is 1.34. The largest absolute Gasteiger partial charge is 0.486 e. The van der Waals surface area contributed by atoms with Crippen LogP contribution in [0.5, 0.6) is 11.5 Å². The van der Waals surface area contributed by atoms with Crippen LogP contribution in [0.2, 0.25) is 0 Å². The van der Waals surface area contributed by atoms with Crippen LogP contribution in [0.3, 0.4) is 0 Å². The molecule has 0 radical (unpaired) electrons. The number of carbonyl (C=O) groups is 2. The minimum atomic E-state index is -0.403. The average Bonchev–Trinajstić information content (AvgIpc) is 2.72. The molecule has 0 unspecified atom stereocenters. The van der Waals surface area contributed by atoms with Gasteiger partial charge in [-0.25, -0.2) is 0 Å². The molecule has 2 amide bonds. The van der Waals surface area contributed by atoms with Crippen LogP contribution in [0.25, 0.3) is 0 Å². The smallest absolute Gasteiger partial charge is 0.269 e. The van der Waals surface area contributed by atoms with Crippen molar-refractivity contribution in [3.05, 3.63) is 53.6 Å². The third kappa shape index (κ3) is 3.81. The summed E-state index contributed by atoms with van der Waals surface area (Å²) in [6.45, 7) is 1.96. The first kappa shape index (κ1) is 17.2. The number of benzene rings is 2. The number of fused-ring (bicyclic) bond motifs is 2.